The number of amides is 1. The van der Waals surface area contributed by atoms with E-state index in [2.05, 4.69) is 20.8 Å². The molecule has 9 nitrogen and oxygen atoms in total. The summed E-state index contributed by atoms with van der Waals surface area (Å²) in [5, 5.41) is 15.3. The summed E-state index contributed by atoms with van der Waals surface area (Å²) in [4.78, 5) is 24.3. The molecule has 1 atom stereocenters. The standard InChI is InChI=1S/C25H28FN5O4S/c1-2-34-24(33)17-5-9-20(10-6-17)28-23(32)16-36-25-30-29-22(31(25)15-21-4-3-13-35-21)14-27-19-11-7-18(26)8-12-19/h5-12,21,27H,2-4,13-16H2,1H3,(H,28,32). The number of esters is 1. The van der Waals surface area contributed by atoms with Gasteiger partial charge in [0.05, 0.1) is 37.1 Å². The predicted octanol–water partition coefficient (Wildman–Crippen LogP) is 4.12. The first-order chi connectivity index (χ1) is 17.5. The van der Waals surface area contributed by atoms with Gasteiger partial charge in [0.15, 0.2) is 11.0 Å². The lowest BCUT2D eigenvalue weighted by Crippen LogP contribution is -2.20. The maximum atomic E-state index is 13.2. The van der Waals surface area contributed by atoms with Crippen LogP contribution < -0.4 is 10.6 Å². The number of carbonyl (C=O) groups excluding carboxylic acids is 2. The fourth-order valence-electron chi connectivity index (χ4n) is 3.71. The zero-order valence-corrected chi connectivity index (χ0v) is 20.7. The Balaban J connectivity index is 1.37. The van der Waals surface area contributed by atoms with Crippen molar-refractivity contribution in [2.45, 2.75) is 44.1 Å². The van der Waals surface area contributed by atoms with Crippen LogP contribution in [0.25, 0.3) is 0 Å². The van der Waals surface area contributed by atoms with E-state index < -0.39 is 5.97 Å². The summed E-state index contributed by atoms with van der Waals surface area (Å²) in [7, 11) is 0. The zero-order chi connectivity index (χ0) is 25.3. The number of aromatic nitrogens is 3. The van der Waals surface area contributed by atoms with Crippen LogP contribution in [0.4, 0.5) is 15.8 Å². The quantitative estimate of drug-likeness (QED) is 0.291. The molecule has 2 aromatic carbocycles. The molecular weight excluding hydrogens is 485 g/mol. The highest BCUT2D eigenvalue weighted by atomic mass is 32.2. The highest BCUT2D eigenvalue weighted by molar-refractivity contribution is 7.99. The minimum absolute atomic E-state index is 0.0664. The second-order valence-corrected chi connectivity index (χ2v) is 9.08. The molecule has 0 aliphatic carbocycles. The van der Waals surface area contributed by atoms with Gasteiger partial charge in [-0.3, -0.25) is 4.79 Å². The Hall–Kier alpha value is -3.44. The van der Waals surface area contributed by atoms with E-state index in [4.69, 9.17) is 9.47 Å². The number of thioether (sulfide) groups is 1. The first-order valence-electron chi connectivity index (χ1n) is 11.7. The predicted molar refractivity (Wildman–Crippen MR) is 134 cm³/mol. The lowest BCUT2D eigenvalue weighted by atomic mass is 10.2. The van der Waals surface area contributed by atoms with Crippen LogP contribution in [-0.4, -0.2) is 51.7 Å². The summed E-state index contributed by atoms with van der Waals surface area (Å²) in [5.41, 5.74) is 1.78. The lowest BCUT2D eigenvalue weighted by molar-refractivity contribution is -0.113. The minimum Gasteiger partial charge on any atom is -0.462 e. The SMILES string of the molecule is CCOC(=O)c1ccc(NC(=O)CSc2nnc(CNc3ccc(F)cc3)n2CC2CCCO2)cc1. The normalized spacial score (nSPS) is 15.0. The summed E-state index contributed by atoms with van der Waals surface area (Å²) in [5.74, 6) is -0.0710. The number of anilines is 2. The molecule has 1 aliphatic rings. The molecule has 1 unspecified atom stereocenters. The second-order valence-electron chi connectivity index (χ2n) is 8.14. The topological polar surface area (TPSA) is 107 Å². The van der Waals surface area contributed by atoms with Gasteiger partial charge in [-0.1, -0.05) is 11.8 Å². The number of carbonyl (C=O) groups is 2. The van der Waals surface area contributed by atoms with Crippen molar-refractivity contribution in [2.24, 2.45) is 0 Å². The Labute approximate surface area is 212 Å². The first-order valence-corrected chi connectivity index (χ1v) is 12.7. The number of hydrogen-bond donors (Lipinski definition) is 2. The van der Waals surface area contributed by atoms with Gasteiger partial charge in [-0.05, 0) is 68.3 Å². The van der Waals surface area contributed by atoms with Crippen LogP contribution in [0.15, 0.2) is 53.7 Å². The number of hydrogen-bond acceptors (Lipinski definition) is 8. The van der Waals surface area contributed by atoms with Crippen molar-refractivity contribution in [1.29, 1.82) is 0 Å². The third-order valence-electron chi connectivity index (χ3n) is 5.51. The van der Waals surface area contributed by atoms with Crippen LogP contribution in [0.2, 0.25) is 0 Å². The first kappa shape index (κ1) is 25.6. The van der Waals surface area contributed by atoms with Crippen LogP contribution in [0.3, 0.4) is 0 Å². The van der Waals surface area contributed by atoms with Gasteiger partial charge in [0.25, 0.3) is 0 Å². The van der Waals surface area contributed by atoms with Gasteiger partial charge >= 0.3 is 5.97 Å². The second kappa shape index (κ2) is 12.5. The van der Waals surface area contributed by atoms with Crippen LogP contribution in [-0.2, 0) is 27.4 Å². The molecule has 2 N–H and O–H groups in total. The molecule has 1 amide bonds. The molecule has 190 valence electrons. The molecule has 1 saturated heterocycles. The van der Waals surface area contributed by atoms with Crippen molar-refractivity contribution in [1.82, 2.24) is 14.8 Å². The summed E-state index contributed by atoms with van der Waals surface area (Å²) in [6.07, 6.45) is 2.03. The zero-order valence-electron chi connectivity index (χ0n) is 19.9. The van der Waals surface area contributed by atoms with E-state index in [9.17, 15) is 14.0 Å². The Bertz CT molecular complexity index is 1160. The monoisotopic (exact) mass is 513 g/mol. The Morgan fingerprint density at radius 2 is 1.89 bits per heavy atom. The van der Waals surface area contributed by atoms with Gasteiger partial charge in [0, 0.05) is 18.0 Å². The number of nitrogens with one attached hydrogen (secondary N) is 2. The van der Waals surface area contributed by atoms with Gasteiger partial charge in [-0.25, -0.2) is 9.18 Å². The number of rotatable bonds is 11. The lowest BCUT2D eigenvalue weighted by Gasteiger charge is -2.15. The highest BCUT2D eigenvalue weighted by Gasteiger charge is 2.21. The molecule has 0 radical (unpaired) electrons. The largest absolute Gasteiger partial charge is 0.462 e. The maximum Gasteiger partial charge on any atom is 0.338 e. The summed E-state index contributed by atoms with van der Waals surface area (Å²) < 4.78 is 25.9. The van der Waals surface area contributed by atoms with Crippen molar-refractivity contribution in [3.8, 4) is 0 Å². The van der Waals surface area contributed by atoms with E-state index in [0.29, 0.717) is 41.9 Å². The van der Waals surface area contributed by atoms with Crippen molar-refractivity contribution < 1.29 is 23.5 Å². The molecule has 1 aliphatic heterocycles. The van der Waals surface area contributed by atoms with Crippen LogP contribution in [0.1, 0.15) is 35.9 Å². The smallest absolute Gasteiger partial charge is 0.338 e. The number of nitrogens with zero attached hydrogens (tertiary/aromatic N) is 3. The summed E-state index contributed by atoms with van der Waals surface area (Å²) in [6.45, 7) is 3.76. The number of halogens is 1. The molecule has 2 heterocycles. The molecule has 3 aromatic rings. The van der Waals surface area contributed by atoms with E-state index in [-0.39, 0.29) is 23.6 Å². The molecule has 4 rings (SSSR count). The van der Waals surface area contributed by atoms with Crippen molar-refractivity contribution in [3.63, 3.8) is 0 Å². The van der Waals surface area contributed by atoms with Crippen molar-refractivity contribution >= 4 is 35.0 Å². The highest BCUT2D eigenvalue weighted by Crippen LogP contribution is 2.22. The number of ether oxygens (including phenoxy) is 2. The van der Waals surface area contributed by atoms with E-state index in [1.165, 1.54) is 23.9 Å². The van der Waals surface area contributed by atoms with Crippen LogP contribution >= 0.6 is 11.8 Å². The molecule has 0 saturated carbocycles. The minimum atomic E-state index is -0.402. The van der Waals surface area contributed by atoms with E-state index in [1.54, 1.807) is 43.3 Å². The molecular formula is C25H28FN5O4S. The Kier molecular flexibility index (Phi) is 8.90. The van der Waals surface area contributed by atoms with Gasteiger partial charge in [-0.2, -0.15) is 0 Å². The average molecular weight is 514 g/mol. The fourth-order valence-corrected chi connectivity index (χ4v) is 4.48. The third-order valence-corrected chi connectivity index (χ3v) is 6.48. The molecule has 0 bridgehead atoms. The van der Waals surface area contributed by atoms with Crippen LogP contribution in [0.5, 0.6) is 0 Å². The molecule has 36 heavy (non-hydrogen) atoms. The van der Waals surface area contributed by atoms with Gasteiger partial charge in [0.1, 0.15) is 5.82 Å². The summed E-state index contributed by atoms with van der Waals surface area (Å²) in [6, 6.07) is 12.7. The van der Waals surface area contributed by atoms with E-state index >= 15 is 0 Å². The van der Waals surface area contributed by atoms with Crippen LogP contribution in [0, 0.1) is 5.82 Å². The molecule has 1 fully saturated rings. The number of benzene rings is 2. The molecule has 1 aromatic heterocycles. The van der Waals surface area contributed by atoms with E-state index in [1.807, 2.05) is 4.57 Å². The van der Waals surface area contributed by atoms with Gasteiger partial charge in [-0.15, -0.1) is 10.2 Å². The Morgan fingerprint density at radius 1 is 1.14 bits per heavy atom. The van der Waals surface area contributed by atoms with E-state index in [0.717, 1.165) is 25.1 Å². The van der Waals surface area contributed by atoms with Gasteiger partial charge in [0.2, 0.25) is 5.91 Å². The third kappa shape index (κ3) is 7.05. The van der Waals surface area contributed by atoms with Crippen molar-refractivity contribution in [3.05, 3.63) is 65.7 Å². The van der Waals surface area contributed by atoms with Crippen molar-refractivity contribution in [2.75, 3.05) is 29.6 Å². The molecule has 0 spiro atoms. The van der Waals surface area contributed by atoms with Gasteiger partial charge < -0.3 is 24.7 Å². The summed E-state index contributed by atoms with van der Waals surface area (Å²) >= 11 is 1.29. The fraction of sp³-hybridized carbons (Fsp3) is 0.360. The Morgan fingerprint density at radius 3 is 2.58 bits per heavy atom. The average Bonchev–Trinajstić information content (AvgIpc) is 3.53. The molecule has 11 heteroatoms. The maximum absolute atomic E-state index is 13.2.